The number of rotatable bonds is 3. The summed E-state index contributed by atoms with van der Waals surface area (Å²) in [5, 5.41) is 1.88. The van der Waals surface area contributed by atoms with Crippen LogP contribution in [0.4, 0.5) is 0 Å². The molecule has 0 aliphatic carbocycles. The molecule has 0 saturated carbocycles. The lowest BCUT2D eigenvalue weighted by Crippen LogP contribution is -2.23. The quantitative estimate of drug-likeness (QED) is 0.680. The van der Waals surface area contributed by atoms with E-state index in [4.69, 9.17) is 11.6 Å². The maximum Gasteiger partial charge on any atom is 0.243 e. The van der Waals surface area contributed by atoms with Crippen molar-refractivity contribution >= 4 is 33.2 Å². The number of hydrogen-bond donors (Lipinski definition) is 0. The van der Waals surface area contributed by atoms with Gasteiger partial charge >= 0.3 is 0 Å². The molecule has 0 N–H and O–H groups in total. The van der Waals surface area contributed by atoms with E-state index in [2.05, 4.69) is 22.1 Å². The second kappa shape index (κ2) is 4.94. The summed E-state index contributed by atoms with van der Waals surface area (Å²) in [6.45, 7) is 2.97. The van der Waals surface area contributed by atoms with E-state index >= 15 is 0 Å². The van der Waals surface area contributed by atoms with Gasteiger partial charge in [0.05, 0.1) is 28.8 Å². The molecule has 3 nitrogen and oxygen atoms in total. The predicted molar refractivity (Wildman–Crippen MR) is 78.7 cm³/mol. The van der Waals surface area contributed by atoms with Gasteiger partial charge in [-0.05, 0) is 24.6 Å². The second-order valence-corrected chi connectivity index (χ2v) is 6.38. The number of nitrogens with zero attached hydrogens (tertiary/aromatic N) is 3. The fourth-order valence-corrected chi connectivity index (χ4v) is 3.47. The third kappa shape index (κ3) is 2.65. The molecular weight excluding hydrogens is 278 g/mol. The van der Waals surface area contributed by atoms with E-state index in [0.717, 1.165) is 28.5 Å². The van der Waals surface area contributed by atoms with Crippen molar-refractivity contribution in [3.63, 3.8) is 0 Å². The second-order valence-electron chi connectivity index (χ2n) is 4.71. The Labute approximate surface area is 121 Å². The summed E-state index contributed by atoms with van der Waals surface area (Å²) < 4.78 is 5.39. The highest BCUT2D eigenvalue weighted by Crippen LogP contribution is 2.28. The molecule has 5 heteroatoms. The van der Waals surface area contributed by atoms with Crippen LogP contribution in [0.2, 0.25) is 5.02 Å². The van der Waals surface area contributed by atoms with E-state index in [-0.39, 0.29) is 0 Å². The van der Waals surface area contributed by atoms with Gasteiger partial charge in [0.25, 0.3) is 0 Å². The summed E-state index contributed by atoms with van der Waals surface area (Å²) in [6, 6.07) is 4.03. The van der Waals surface area contributed by atoms with Crippen LogP contribution in [0.15, 0.2) is 30.9 Å². The van der Waals surface area contributed by atoms with Crippen molar-refractivity contribution in [3.8, 4) is 0 Å². The van der Waals surface area contributed by atoms with Gasteiger partial charge in [-0.3, -0.25) is 0 Å². The van der Waals surface area contributed by atoms with Crippen LogP contribution in [0, 0.1) is 6.92 Å². The lowest BCUT2D eigenvalue weighted by Gasteiger charge is -2.02. The van der Waals surface area contributed by atoms with Crippen LogP contribution in [0.5, 0.6) is 0 Å². The van der Waals surface area contributed by atoms with Crippen molar-refractivity contribution in [3.05, 3.63) is 46.4 Å². The van der Waals surface area contributed by atoms with Crippen molar-refractivity contribution in [2.24, 2.45) is 7.05 Å². The summed E-state index contributed by atoms with van der Waals surface area (Å²) >= 11 is 7.89. The zero-order valence-corrected chi connectivity index (χ0v) is 12.5. The highest BCUT2D eigenvalue weighted by molar-refractivity contribution is 7.18. The molecule has 1 aromatic carbocycles. The van der Waals surface area contributed by atoms with Gasteiger partial charge in [0, 0.05) is 11.4 Å². The molecule has 98 valence electrons. The van der Waals surface area contributed by atoms with E-state index in [1.165, 1.54) is 10.3 Å². The smallest absolute Gasteiger partial charge is 0.241 e. The molecule has 0 aliphatic heterocycles. The van der Waals surface area contributed by atoms with Crippen molar-refractivity contribution in [1.82, 2.24) is 9.55 Å². The molecule has 0 fully saturated rings. The van der Waals surface area contributed by atoms with Crippen LogP contribution in [0.25, 0.3) is 10.2 Å². The highest BCUT2D eigenvalue weighted by Gasteiger charge is 2.09. The highest BCUT2D eigenvalue weighted by atomic mass is 35.5. The van der Waals surface area contributed by atoms with Crippen molar-refractivity contribution in [2.75, 3.05) is 0 Å². The van der Waals surface area contributed by atoms with E-state index in [1.54, 1.807) is 11.3 Å². The first-order chi connectivity index (χ1) is 9.11. The molecule has 3 rings (SSSR count). The maximum atomic E-state index is 6.19. The summed E-state index contributed by atoms with van der Waals surface area (Å²) in [4.78, 5) is 4.62. The Kier molecular flexibility index (Phi) is 3.29. The number of aryl methyl sites for hydroxylation is 4. The third-order valence-electron chi connectivity index (χ3n) is 3.11. The number of benzene rings is 1. The number of imidazole rings is 1. The third-order valence-corrected chi connectivity index (χ3v) is 4.24. The average Bonchev–Trinajstić information content (AvgIpc) is 2.91. The van der Waals surface area contributed by atoms with Gasteiger partial charge in [0.2, 0.25) is 6.33 Å². The molecule has 0 bridgehead atoms. The lowest BCUT2D eigenvalue weighted by atomic mass is 10.1. The number of thiazole rings is 1. The van der Waals surface area contributed by atoms with Gasteiger partial charge in [-0.2, -0.15) is 0 Å². The lowest BCUT2D eigenvalue weighted by molar-refractivity contribution is -0.671. The van der Waals surface area contributed by atoms with Crippen LogP contribution in [0.3, 0.4) is 0 Å². The van der Waals surface area contributed by atoms with Gasteiger partial charge < -0.3 is 0 Å². The van der Waals surface area contributed by atoms with Crippen LogP contribution in [-0.2, 0) is 20.0 Å². The topological polar surface area (TPSA) is 21.7 Å². The Morgan fingerprint density at radius 3 is 3.00 bits per heavy atom. The molecule has 0 amide bonds. The van der Waals surface area contributed by atoms with E-state index in [9.17, 15) is 0 Å². The monoisotopic (exact) mass is 292 g/mol. The maximum absolute atomic E-state index is 6.19. The minimum atomic E-state index is 0.796. The summed E-state index contributed by atoms with van der Waals surface area (Å²) in [5.41, 5.74) is 2.33. The molecule has 0 spiro atoms. The van der Waals surface area contributed by atoms with E-state index < -0.39 is 0 Å². The van der Waals surface area contributed by atoms with Gasteiger partial charge in [-0.25, -0.2) is 14.1 Å². The van der Waals surface area contributed by atoms with Crippen molar-refractivity contribution in [1.29, 1.82) is 0 Å². The Hall–Kier alpha value is -1.39. The minimum absolute atomic E-state index is 0.796. The van der Waals surface area contributed by atoms with Gasteiger partial charge in [0.15, 0.2) is 0 Å². The molecule has 2 aromatic heterocycles. The molecule has 3 aromatic rings. The van der Waals surface area contributed by atoms with Gasteiger partial charge in [-0.1, -0.05) is 11.6 Å². The fraction of sp³-hybridized carbons (Fsp3) is 0.286. The van der Waals surface area contributed by atoms with Crippen molar-refractivity contribution < 1.29 is 4.57 Å². The average molecular weight is 293 g/mol. The Morgan fingerprint density at radius 2 is 2.26 bits per heavy atom. The summed E-state index contributed by atoms with van der Waals surface area (Å²) in [5.74, 6) is 0. The van der Waals surface area contributed by atoms with E-state index in [0.29, 0.717) is 0 Å². The van der Waals surface area contributed by atoms with Crippen LogP contribution in [-0.4, -0.2) is 9.55 Å². The summed E-state index contributed by atoms with van der Waals surface area (Å²) in [6.07, 6.45) is 7.14. The first kappa shape index (κ1) is 12.6. The molecule has 0 unspecified atom stereocenters. The molecule has 19 heavy (non-hydrogen) atoms. The van der Waals surface area contributed by atoms with Crippen molar-refractivity contribution in [2.45, 2.75) is 19.9 Å². The molecule has 0 atom stereocenters. The number of hydrogen-bond acceptors (Lipinski definition) is 2. The Morgan fingerprint density at radius 1 is 1.42 bits per heavy atom. The standard InChI is InChI=1S/C14H15ClN3S/c1-10-16-14-11(7-12(15)8-13(14)19-10)3-4-18-6-5-17(2)9-18/h5-9H,3-4H2,1-2H3/q+1. The minimum Gasteiger partial charge on any atom is -0.241 e. The molecule has 0 radical (unpaired) electrons. The van der Waals surface area contributed by atoms with E-state index in [1.807, 2.05) is 36.9 Å². The molecular formula is C14H15ClN3S+. The Balaban J connectivity index is 1.91. The zero-order chi connectivity index (χ0) is 13.4. The van der Waals surface area contributed by atoms with Crippen LogP contribution >= 0.6 is 22.9 Å². The fourth-order valence-electron chi connectivity index (χ4n) is 2.25. The van der Waals surface area contributed by atoms with Gasteiger partial charge in [-0.15, -0.1) is 11.3 Å². The largest absolute Gasteiger partial charge is 0.243 e. The number of fused-ring (bicyclic) bond motifs is 1. The number of aromatic nitrogens is 3. The molecule has 2 heterocycles. The van der Waals surface area contributed by atoms with Crippen LogP contribution in [0.1, 0.15) is 10.6 Å². The molecule has 0 aliphatic rings. The SMILES string of the molecule is Cc1nc2c(CCn3cc[n+](C)c3)cc(Cl)cc2s1. The first-order valence-electron chi connectivity index (χ1n) is 6.18. The normalized spacial score (nSPS) is 11.3. The first-order valence-corrected chi connectivity index (χ1v) is 7.38. The summed E-state index contributed by atoms with van der Waals surface area (Å²) in [7, 11) is 2.03. The van der Waals surface area contributed by atoms with Crippen LogP contribution < -0.4 is 4.57 Å². The zero-order valence-electron chi connectivity index (χ0n) is 10.9. The predicted octanol–water partition coefficient (Wildman–Crippen LogP) is 3.13. The Bertz CT molecular complexity index is 729. The number of halogens is 1. The van der Waals surface area contributed by atoms with Gasteiger partial charge in [0.1, 0.15) is 12.4 Å². The molecule has 0 saturated heterocycles.